The van der Waals surface area contributed by atoms with E-state index in [4.69, 9.17) is 9.97 Å². The maximum absolute atomic E-state index is 5.23. The van der Waals surface area contributed by atoms with Crippen molar-refractivity contribution in [2.75, 3.05) is 0 Å². The van der Waals surface area contributed by atoms with Crippen molar-refractivity contribution in [1.82, 2.24) is 19.1 Å². The van der Waals surface area contributed by atoms with Crippen molar-refractivity contribution in [3.63, 3.8) is 0 Å². The zero-order chi connectivity index (χ0) is 44.5. The average Bonchev–Trinajstić information content (AvgIpc) is 3.87. The number of para-hydroxylation sites is 3. The Kier molecular flexibility index (Phi) is 9.35. The molecule has 0 aliphatic rings. The van der Waals surface area contributed by atoms with Gasteiger partial charge in [-0.25, -0.2) is 9.97 Å². The molecule has 66 heavy (non-hydrogen) atoms. The maximum Gasteiger partial charge on any atom is 0.160 e. The topological polar surface area (TPSA) is 35.6 Å². The van der Waals surface area contributed by atoms with E-state index in [1.54, 1.807) is 0 Å². The first-order chi connectivity index (χ1) is 32.4. The summed E-state index contributed by atoms with van der Waals surface area (Å²) >= 11 is 0. The summed E-state index contributed by atoms with van der Waals surface area (Å²) in [7, 11) is 0. The molecule has 0 unspecified atom stereocenters. The van der Waals surface area contributed by atoms with Crippen LogP contribution in [-0.2, 0) is 0 Å². The Morgan fingerprint density at radius 3 is 1.30 bits per heavy atom. The maximum atomic E-state index is 5.23. The molecule has 0 aliphatic carbocycles. The highest BCUT2D eigenvalue weighted by atomic mass is 15.0. The number of hydrogen-bond donors (Lipinski definition) is 0. The van der Waals surface area contributed by atoms with Crippen LogP contribution in [0, 0.1) is 27.7 Å². The van der Waals surface area contributed by atoms with Crippen molar-refractivity contribution in [3.8, 4) is 67.5 Å². The van der Waals surface area contributed by atoms with Crippen LogP contribution in [0.25, 0.3) is 111 Å². The number of fused-ring (bicyclic) bond motifs is 6. The molecule has 4 nitrogen and oxygen atoms in total. The molecule has 3 aromatic heterocycles. The molecule has 0 bridgehead atoms. The third-order valence-electron chi connectivity index (χ3n) is 13.5. The molecule has 4 heteroatoms. The molecule has 0 saturated carbocycles. The molecule has 0 saturated heterocycles. The Hall–Kier alpha value is -8.34. The highest BCUT2D eigenvalue weighted by Gasteiger charge is 2.19. The van der Waals surface area contributed by atoms with E-state index < -0.39 is 0 Å². The summed E-state index contributed by atoms with van der Waals surface area (Å²) in [4.78, 5) is 10.4. The molecular weight excluding hydrogens is 801 g/mol. The number of hydrogen-bond acceptors (Lipinski definition) is 2. The Bertz CT molecular complexity index is 3710. The highest BCUT2D eigenvalue weighted by Crippen LogP contribution is 2.39. The van der Waals surface area contributed by atoms with E-state index in [9.17, 15) is 0 Å². The van der Waals surface area contributed by atoms with Crippen molar-refractivity contribution in [1.29, 1.82) is 0 Å². The van der Waals surface area contributed by atoms with Gasteiger partial charge >= 0.3 is 0 Å². The number of aryl methyl sites for hydroxylation is 4. The van der Waals surface area contributed by atoms with Gasteiger partial charge in [0.25, 0.3) is 0 Å². The van der Waals surface area contributed by atoms with Crippen LogP contribution in [0.3, 0.4) is 0 Å². The molecule has 0 fully saturated rings. The number of benzene rings is 9. The van der Waals surface area contributed by atoms with Gasteiger partial charge in [-0.15, -0.1) is 0 Å². The van der Waals surface area contributed by atoms with Gasteiger partial charge in [-0.1, -0.05) is 152 Å². The normalized spacial score (nSPS) is 11.6. The van der Waals surface area contributed by atoms with E-state index in [0.29, 0.717) is 0 Å². The SMILES string of the molecule is Cc1ccccc1-c1cc(-c2c(C)cc(-c3ccc(-c4ccc(-n5c6ccccc6c6cc(-n7c8ccccc8c8ccccc87)ccc65)cc4)cc3)cc2C)nc(-c2ccccc2C)n1. The van der Waals surface area contributed by atoms with Crippen molar-refractivity contribution in [3.05, 3.63) is 229 Å². The van der Waals surface area contributed by atoms with Crippen LogP contribution < -0.4 is 0 Å². The summed E-state index contributed by atoms with van der Waals surface area (Å²) in [5.41, 5.74) is 21.7. The summed E-state index contributed by atoms with van der Waals surface area (Å²) in [5.74, 6) is 0.746. The molecule has 9 aromatic carbocycles. The fourth-order valence-corrected chi connectivity index (χ4v) is 10.3. The fourth-order valence-electron chi connectivity index (χ4n) is 10.3. The van der Waals surface area contributed by atoms with Gasteiger partial charge in [0, 0.05) is 49.6 Å². The lowest BCUT2D eigenvalue weighted by atomic mass is 9.92. The van der Waals surface area contributed by atoms with Crippen LogP contribution in [0.2, 0.25) is 0 Å². The van der Waals surface area contributed by atoms with Gasteiger partial charge in [-0.2, -0.15) is 0 Å². The Morgan fingerprint density at radius 1 is 0.303 bits per heavy atom. The molecule has 12 aromatic rings. The molecule has 0 atom stereocenters. The van der Waals surface area contributed by atoms with Crippen molar-refractivity contribution in [2.24, 2.45) is 0 Å². The largest absolute Gasteiger partial charge is 0.309 e. The van der Waals surface area contributed by atoms with Gasteiger partial charge < -0.3 is 9.13 Å². The minimum Gasteiger partial charge on any atom is -0.309 e. The van der Waals surface area contributed by atoms with E-state index in [1.165, 1.54) is 82.6 Å². The molecule has 0 spiro atoms. The Labute approximate surface area is 384 Å². The van der Waals surface area contributed by atoms with Crippen LogP contribution in [0.1, 0.15) is 22.3 Å². The molecule has 3 heterocycles. The lowest BCUT2D eigenvalue weighted by Crippen LogP contribution is -2.00. The summed E-state index contributed by atoms with van der Waals surface area (Å²) in [6, 6.07) is 74.7. The van der Waals surface area contributed by atoms with Crippen molar-refractivity contribution < 1.29 is 0 Å². The van der Waals surface area contributed by atoms with E-state index in [0.717, 1.165) is 50.8 Å². The van der Waals surface area contributed by atoms with Gasteiger partial charge in [0.2, 0.25) is 0 Å². The smallest absolute Gasteiger partial charge is 0.160 e. The number of rotatable bonds is 7. The Balaban J connectivity index is 0.861. The van der Waals surface area contributed by atoms with Gasteiger partial charge in [0.05, 0.1) is 33.5 Å². The van der Waals surface area contributed by atoms with Gasteiger partial charge in [0.1, 0.15) is 0 Å². The minimum atomic E-state index is 0.746. The first kappa shape index (κ1) is 39.3. The quantitative estimate of drug-likeness (QED) is 0.160. The molecule has 12 rings (SSSR count). The van der Waals surface area contributed by atoms with Crippen LogP contribution in [0.15, 0.2) is 206 Å². The van der Waals surface area contributed by atoms with Crippen LogP contribution in [0.5, 0.6) is 0 Å². The van der Waals surface area contributed by atoms with Crippen LogP contribution >= 0.6 is 0 Å². The second-order valence-electron chi connectivity index (χ2n) is 17.6. The van der Waals surface area contributed by atoms with E-state index in [-0.39, 0.29) is 0 Å². The highest BCUT2D eigenvalue weighted by molar-refractivity contribution is 6.12. The molecule has 314 valence electrons. The predicted molar refractivity (Wildman–Crippen MR) is 277 cm³/mol. The second kappa shape index (κ2) is 15.7. The molecule has 0 amide bonds. The summed E-state index contributed by atoms with van der Waals surface area (Å²) < 4.78 is 4.80. The number of aromatic nitrogens is 4. The van der Waals surface area contributed by atoms with Gasteiger partial charge in [-0.3, -0.25) is 0 Å². The second-order valence-corrected chi connectivity index (χ2v) is 17.6. The molecule has 0 N–H and O–H groups in total. The van der Waals surface area contributed by atoms with Crippen molar-refractivity contribution in [2.45, 2.75) is 27.7 Å². The lowest BCUT2D eigenvalue weighted by Gasteiger charge is -2.16. The summed E-state index contributed by atoms with van der Waals surface area (Å²) in [6.07, 6.45) is 0. The predicted octanol–water partition coefficient (Wildman–Crippen LogP) is 16.2. The monoisotopic (exact) mass is 846 g/mol. The number of nitrogens with zero attached hydrogens (tertiary/aromatic N) is 4. The van der Waals surface area contributed by atoms with Crippen LogP contribution in [0.4, 0.5) is 0 Å². The molecular formula is C62H46N4. The lowest BCUT2D eigenvalue weighted by molar-refractivity contribution is 1.16. The zero-order valence-corrected chi connectivity index (χ0v) is 37.4. The van der Waals surface area contributed by atoms with Gasteiger partial charge in [-0.05, 0) is 127 Å². The van der Waals surface area contributed by atoms with Crippen LogP contribution in [-0.4, -0.2) is 19.1 Å². The van der Waals surface area contributed by atoms with E-state index in [1.807, 2.05) is 0 Å². The van der Waals surface area contributed by atoms with E-state index >= 15 is 0 Å². The Morgan fingerprint density at radius 2 is 0.727 bits per heavy atom. The average molecular weight is 847 g/mol. The standard InChI is InChI=1S/C62H46N4/c1-39-15-5-7-17-49(39)55-38-56(64-62(63-55)50-18-8-6-16-40(50)2)61-41(3)35-46(36-42(61)4)45-27-25-43(26-28-45)44-29-31-47(32-30-44)65-59-24-14-11-21-53(59)54-37-48(33-34-60(54)65)66-57-22-12-9-19-51(57)52-20-10-13-23-58(52)66/h5-38H,1-4H3. The van der Waals surface area contributed by atoms with E-state index in [2.05, 4.69) is 243 Å². The summed E-state index contributed by atoms with van der Waals surface area (Å²) in [5, 5.41) is 5.01. The first-order valence-corrected chi connectivity index (χ1v) is 22.7. The first-order valence-electron chi connectivity index (χ1n) is 22.7. The van der Waals surface area contributed by atoms with Gasteiger partial charge in [0.15, 0.2) is 5.82 Å². The third kappa shape index (κ3) is 6.52. The fraction of sp³-hybridized carbons (Fsp3) is 0.0645. The third-order valence-corrected chi connectivity index (χ3v) is 13.5. The molecule has 0 radical (unpaired) electrons. The minimum absolute atomic E-state index is 0.746. The molecule has 0 aliphatic heterocycles. The summed E-state index contributed by atoms with van der Waals surface area (Å²) in [6.45, 7) is 8.67. The van der Waals surface area contributed by atoms with Crippen molar-refractivity contribution >= 4 is 43.6 Å². The zero-order valence-electron chi connectivity index (χ0n) is 37.4.